The third kappa shape index (κ3) is 2.64. The number of aliphatic hydroxyl groups is 1. The summed E-state index contributed by atoms with van der Waals surface area (Å²) in [6.07, 6.45) is -1.48. The van der Waals surface area contributed by atoms with Crippen molar-refractivity contribution in [2.24, 2.45) is 0 Å². The summed E-state index contributed by atoms with van der Waals surface area (Å²) in [5, 5.41) is 18.3. The van der Waals surface area contributed by atoms with Crippen LogP contribution in [-0.2, 0) is 4.79 Å². The number of para-hydroxylation sites is 1. The van der Waals surface area contributed by atoms with Gasteiger partial charge in [0.1, 0.15) is 0 Å². The molecular weight excluding hydrogens is 212 g/mol. The minimum Gasteiger partial charge on any atom is -0.493 e. The molecule has 1 unspecified atom stereocenters. The van der Waals surface area contributed by atoms with Crippen LogP contribution < -0.4 is 9.47 Å². The summed E-state index contributed by atoms with van der Waals surface area (Å²) in [6, 6.07) is 4.95. The molecule has 0 saturated heterocycles. The third-order valence-corrected chi connectivity index (χ3v) is 2.16. The molecule has 0 heterocycles. The average Bonchev–Trinajstić information content (AvgIpc) is 2.26. The average molecular weight is 226 g/mol. The van der Waals surface area contributed by atoms with Gasteiger partial charge in [-0.2, -0.15) is 0 Å². The van der Waals surface area contributed by atoms with Crippen molar-refractivity contribution in [2.75, 3.05) is 14.2 Å². The maximum Gasteiger partial charge on any atom is 0.306 e. The molecule has 0 spiro atoms. The lowest BCUT2D eigenvalue weighted by Crippen LogP contribution is -2.07. The van der Waals surface area contributed by atoms with Crippen LogP contribution >= 0.6 is 0 Å². The van der Waals surface area contributed by atoms with Gasteiger partial charge in [0, 0.05) is 5.56 Å². The highest BCUT2D eigenvalue weighted by atomic mass is 16.5. The third-order valence-electron chi connectivity index (χ3n) is 2.16. The summed E-state index contributed by atoms with van der Waals surface area (Å²) in [6.45, 7) is 0. The zero-order valence-electron chi connectivity index (χ0n) is 9.14. The Bertz CT molecular complexity index is 375. The van der Waals surface area contributed by atoms with Crippen LogP contribution in [0.2, 0.25) is 0 Å². The maximum absolute atomic E-state index is 10.5. The number of methoxy groups -OCH3 is 2. The van der Waals surface area contributed by atoms with Crippen molar-refractivity contribution < 1.29 is 24.5 Å². The predicted molar refractivity (Wildman–Crippen MR) is 56.8 cm³/mol. The van der Waals surface area contributed by atoms with Crippen molar-refractivity contribution in [2.45, 2.75) is 12.5 Å². The van der Waals surface area contributed by atoms with Crippen LogP contribution in [0.3, 0.4) is 0 Å². The molecule has 1 atom stereocenters. The van der Waals surface area contributed by atoms with Gasteiger partial charge in [-0.25, -0.2) is 0 Å². The van der Waals surface area contributed by atoms with Crippen molar-refractivity contribution in [1.29, 1.82) is 0 Å². The van der Waals surface area contributed by atoms with Crippen LogP contribution in [0.15, 0.2) is 18.2 Å². The zero-order valence-corrected chi connectivity index (χ0v) is 9.14. The smallest absolute Gasteiger partial charge is 0.306 e. The molecule has 0 saturated carbocycles. The SMILES string of the molecule is COc1cccc(C(O)CC(=O)O)c1OC. The Balaban J connectivity index is 3.07. The largest absolute Gasteiger partial charge is 0.493 e. The summed E-state index contributed by atoms with van der Waals surface area (Å²) in [5.41, 5.74) is 0.407. The molecular formula is C11H14O5. The van der Waals surface area contributed by atoms with Crippen molar-refractivity contribution in [1.82, 2.24) is 0 Å². The summed E-state index contributed by atoms with van der Waals surface area (Å²) in [5.74, 6) is -0.249. The van der Waals surface area contributed by atoms with E-state index in [0.29, 0.717) is 17.1 Å². The van der Waals surface area contributed by atoms with Crippen molar-refractivity contribution in [3.05, 3.63) is 23.8 Å². The molecule has 0 aliphatic rings. The Labute approximate surface area is 93.2 Å². The van der Waals surface area contributed by atoms with Crippen LogP contribution in [0.25, 0.3) is 0 Å². The number of carboxylic acid groups (broad SMARTS) is 1. The van der Waals surface area contributed by atoms with E-state index in [-0.39, 0.29) is 6.42 Å². The predicted octanol–water partition coefficient (Wildman–Crippen LogP) is 1.21. The van der Waals surface area contributed by atoms with Crippen LogP contribution in [0.4, 0.5) is 0 Å². The van der Waals surface area contributed by atoms with Crippen LogP contribution in [0.1, 0.15) is 18.1 Å². The van der Waals surface area contributed by atoms with Gasteiger partial charge in [-0.15, -0.1) is 0 Å². The number of ether oxygens (including phenoxy) is 2. The van der Waals surface area contributed by atoms with Crippen molar-refractivity contribution in [3.8, 4) is 11.5 Å². The Hall–Kier alpha value is -1.75. The lowest BCUT2D eigenvalue weighted by Gasteiger charge is -2.15. The summed E-state index contributed by atoms with van der Waals surface area (Å²) in [4.78, 5) is 10.5. The number of carboxylic acids is 1. The Morgan fingerprint density at radius 1 is 1.38 bits per heavy atom. The van der Waals surface area contributed by atoms with Gasteiger partial charge in [-0.1, -0.05) is 12.1 Å². The highest BCUT2D eigenvalue weighted by molar-refractivity contribution is 5.68. The number of aliphatic carboxylic acids is 1. The van der Waals surface area contributed by atoms with Crippen LogP contribution in [0.5, 0.6) is 11.5 Å². The van der Waals surface area contributed by atoms with E-state index in [1.807, 2.05) is 0 Å². The molecule has 0 aliphatic carbocycles. The Kier molecular flexibility index (Phi) is 4.13. The van der Waals surface area contributed by atoms with E-state index in [9.17, 15) is 9.90 Å². The van der Waals surface area contributed by atoms with E-state index in [4.69, 9.17) is 14.6 Å². The zero-order chi connectivity index (χ0) is 12.1. The summed E-state index contributed by atoms with van der Waals surface area (Å²) in [7, 11) is 2.92. The molecule has 0 fully saturated rings. The molecule has 5 nitrogen and oxygen atoms in total. The molecule has 5 heteroatoms. The number of benzene rings is 1. The highest BCUT2D eigenvalue weighted by Crippen LogP contribution is 2.35. The molecule has 16 heavy (non-hydrogen) atoms. The number of rotatable bonds is 5. The number of hydrogen-bond donors (Lipinski definition) is 2. The fraction of sp³-hybridized carbons (Fsp3) is 0.364. The van der Waals surface area contributed by atoms with Gasteiger partial charge in [-0.3, -0.25) is 4.79 Å². The van der Waals surface area contributed by atoms with E-state index in [2.05, 4.69) is 0 Å². The van der Waals surface area contributed by atoms with Crippen LogP contribution in [0, 0.1) is 0 Å². The topological polar surface area (TPSA) is 76.0 Å². The van der Waals surface area contributed by atoms with Gasteiger partial charge in [0.25, 0.3) is 0 Å². The molecule has 0 aromatic heterocycles. The van der Waals surface area contributed by atoms with Crippen LogP contribution in [-0.4, -0.2) is 30.4 Å². The van der Waals surface area contributed by atoms with Gasteiger partial charge in [0.2, 0.25) is 0 Å². The van der Waals surface area contributed by atoms with Crippen molar-refractivity contribution in [3.63, 3.8) is 0 Å². The molecule has 0 amide bonds. The molecule has 1 rings (SSSR count). The fourth-order valence-electron chi connectivity index (χ4n) is 1.45. The van der Waals surface area contributed by atoms with E-state index < -0.39 is 12.1 Å². The quantitative estimate of drug-likeness (QED) is 0.789. The number of carbonyl (C=O) groups is 1. The summed E-state index contributed by atoms with van der Waals surface area (Å²) >= 11 is 0. The lowest BCUT2D eigenvalue weighted by molar-refractivity contribution is -0.139. The monoisotopic (exact) mass is 226 g/mol. The van der Waals surface area contributed by atoms with E-state index in [1.54, 1.807) is 18.2 Å². The molecule has 88 valence electrons. The molecule has 0 bridgehead atoms. The second-order valence-electron chi connectivity index (χ2n) is 3.20. The molecule has 2 N–H and O–H groups in total. The first-order valence-electron chi connectivity index (χ1n) is 4.71. The maximum atomic E-state index is 10.5. The molecule has 0 aliphatic heterocycles. The first kappa shape index (κ1) is 12.3. The lowest BCUT2D eigenvalue weighted by atomic mass is 10.0. The normalized spacial score (nSPS) is 11.9. The Morgan fingerprint density at radius 3 is 2.56 bits per heavy atom. The van der Waals surface area contributed by atoms with Gasteiger partial charge < -0.3 is 19.7 Å². The summed E-state index contributed by atoms with van der Waals surface area (Å²) < 4.78 is 10.1. The standard InChI is InChI=1S/C11H14O5/c1-15-9-5-3-4-7(11(9)16-2)8(12)6-10(13)14/h3-5,8,12H,6H2,1-2H3,(H,13,14). The minimum absolute atomic E-state index is 0.360. The van der Waals surface area contributed by atoms with Crippen molar-refractivity contribution >= 4 is 5.97 Å². The molecule has 1 aromatic carbocycles. The van der Waals surface area contributed by atoms with E-state index in [1.165, 1.54) is 14.2 Å². The minimum atomic E-state index is -1.11. The first-order valence-corrected chi connectivity index (χ1v) is 4.71. The van der Waals surface area contributed by atoms with Gasteiger partial charge in [0.15, 0.2) is 11.5 Å². The number of aliphatic hydroxyl groups excluding tert-OH is 1. The number of hydrogen-bond acceptors (Lipinski definition) is 4. The highest BCUT2D eigenvalue weighted by Gasteiger charge is 2.19. The first-order chi connectivity index (χ1) is 7.60. The van der Waals surface area contributed by atoms with E-state index in [0.717, 1.165) is 0 Å². The fourth-order valence-corrected chi connectivity index (χ4v) is 1.45. The van der Waals surface area contributed by atoms with Gasteiger partial charge in [-0.05, 0) is 6.07 Å². The second-order valence-corrected chi connectivity index (χ2v) is 3.20. The van der Waals surface area contributed by atoms with Gasteiger partial charge >= 0.3 is 5.97 Å². The Morgan fingerprint density at radius 2 is 2.06 bits per heavy atom. The molecule has 0 radical (unpaired) electrons. The second kappa shape index (κ2) is 5.37. The van der Waals surface area contributed by atoms with E-state index >= 15 is 0 Å². The molecule has 1 aromatic rings. The van der Waals surface area contributed by atoms with Gasteiger partial charge in [0.05, 0.1) is 26.7 Å².